The first-order chi connectivity index (χ1) is 17.9. The van der Waals surface area contributed by atoms with Gasteiger partial charge >= 0.3 is 5.97 Å². The number of hydrogen-bond donors (Lipinski definition) is 3. The highest BCUT2D eigenvalue weighted by atomic mass is 35.5. The second-order valence-electron chi connectivity index (χ2n) is 9.24. The molecule has 37 heavy (non-hydrogen) atoms. The van der Waals surface area contributed by atoms with Crippen LogP contribution >= 0.6 is 11.6 Å². The molecule has 2 heterocycles. The van der Waals surface area contributed by atoms with Crippen LogP contribution in [0.25, 0.3) is 0 Å². The van der Waals surface area contributed by atoms with Gasteiger partial charge in [0.1, 0.15) is 42.9 Å². The summed E-state index contributed by atoms with van der Waals surface area (Å²) in [4.78, 5) is 14.2. The number of ether oxygens (including phenoxy) is 4. The smallest absolute Gasteiger partial charge is 0.320 e. The van der Waals surface area contributed by atoms with Crippen LogP contribution in [-0.4, -0.2) is 96.7 Å². The first-order valence-electron chi connectivity index (χ1n) is 12.5. The van der Waals surface area contributed by atoms with E-state index in [4.69, 9.17) is 30.5 Å². The number of esters is 1. The van der Waals surface area contributed by atoms with E-state index >= 15 is 0 Å². The SMILES string of the molecule is CCOc1ccc(Cc2cc([C@@H]3O[C@H](COC(=O)CN4CCOCC4)[C@@H](O)[C@H](O)[C@H]3O)ccc2Cl)cc1. The third-order valence-electron chi connectivity index (χ3n) is 6.60. The predicted molar refractivity (Wildman–Crippen MR) is 136 cm³/mol. The highest BCUT2D eigenvalue weighted by Gasteiger charge is 2.44. The Kier molecular flexibility index (Phi) is 9.77. The van der Waals surface area contributed by atoms with Gasteiger partial charge in [0.15, 0.2) is 0 Å². The maximum atomic E-state index is 12.3. The van der Waals surface area contributed by atoms with Crippen molar-refractivity contribution in [1.29, 1.82) is 0 Å². The summed E-state index contributed by atoms with van der Waals surface area (Å²) in [5, 5.41) is 32.2. The lowest BCUT2D eigenvalue weighted by atomic mass is 9.90. The van der Waals surface area contributed by atoms with Gasteiger partial charge in [-0.15, -0.1) is 0 Å². The van der Waals surface area contributed by atoms with Gasteiger partial charge in [-0.25, -0.2) is 0 Å². The molecule has 2 aromatic rings. The van der Waals surface area contributed by atoms with Gasteiger partial charge in [-0.1, -0.05) is 35.9 Å². The Morgan fingerprint density at radius 1 is 1.05 bits per heavy atom. The summed E-state index contributed by atoms with van der Waals surface area (Å²) < 4.78 is 22.1. The second kappa shape index (κ2) is 13.0. The van der Waals surface area contributed by atoms with Gasteiger partial charge in [-0.05, 0) is 48.2 Å². The number of rotatable bonds is 9. The molecule has 2 fully saturated rings. The van der Waals surface area contributed by atoms with Crippen LogP contribution in [-0.2, 0) is 25.4 Å². The van der Waals surface area contributed by atoms with Crippen molar-refractivity contribution in [2.24, 2.45) is 0 Å². The Labute approximate surface area is 221 Å². The first kappa shape index (κ1) is 27.8. The van der Waals surface area contributed by atoms with Gasteiger partial charge < -0.3 is 34.3 Å². The molecule has 4 rings (SSSR count). The zero-order chi connectivity index (χ0) is 26.4. The lowest BCUT2D eigenvalue weighted by Gasteiger charge is -2.40. The third-order valence-corrected chi connectivity index (χ3v) is 6.97. The van der Waals surface area contributed by atoms with Gasteiger partial charge in [-0.2, -0.15) is 0 Å². The zero-order valence-corrected chi connectivity index (χ0v) is 21.5. The second-order valence-corrected chi connectivity index (χ2v) is 9.65. The van der Waals surface area contributed by atoms with Crippen LogP contribution < -0.4 is 4.74 Å². The van der Waals surface area contributed by atoms with E-state index in [1.807, 2.05) is 42.2 Å². The first-order valence-corrected chi connectivity index (χ1v) is 12.9. The van der Waals surface area contributed by atoms with E-state index in [-0.39, 0.29) is 13.2 Å². The Morgan fingerprint density at radius 2 is 1.78 bits per heavy atom. The quantitative estimate of drug-likeness (QED) is 0.412. The highest BCUT2D eigenvalue weighted by Crippen LogP contribution is 2.34. The van der Waals surface area contributed by atoms with E-state index in [0.717, 1.165) is 16.9 Å². The molecule has 0 aliphatic carbocycles. The van der Waals surface area contributed by atoms with Crippen LogP contribution in [0.2, 0.25) is 5.02 Å². The molecule has 0 radical (unpaired) electrons. The molecule has 0 aromatic heterocycles. The molecule has 0 spiro atoms. The van der Waals surface area contributed by atoms with Crippen LogP contribution in [0, 0.1) is 0 Å². The van der Waals surface area contributed by atoms with E-state index in [2.05, 4.69) is 0 Å². The Hall–Kier alpha value is -2.24. The van der Waals surface area contributed by atoms with Gasteiger partial charge in [0.25, 0.3) is 0 Å². The van der Waals surface area contributed by atoms with Crippen LogP contribution in [0.4, 0.5) is 0 Å². The summed E-state index contributed by atoms with van der Waals surface area (Å²) in [6.45, 7) is 4.77. The Bertz CT molecular complexity index is 1030. The molecular formula is C27H34ClNO8. The number of hydrogen-bond acceptors (Lipinski definition) is 9. The molecule has 3 N–H and O–H groups in total. The summed E-state index contributed by atoms with van der Waals surface area (Å²) in [6, 6.07) is 13.0. The van der Waals surface area contributed by atoms with Gasteiger partial charge in [0.05, 0.1) is 26.4 Å². The maximum Gasteiger partial charge on any atom is 0.320 e. The molecule has 2 aliphatic heterocycles. The van der Waals surface area contributed by atoms with Gasteiger partial charge in [0.2, 0.25) is 0 Å². The van der Waals surface area contributed by atoms with Crippen LogP contribution in [0.15, 0.2) is 42.5 Å². The Balaban J connectivity index is 1.42. The molecule has 0 saturated carbocycles. The van der Waals surface area contributed by atoms with Crippen molar-refractivity contribution in [3.05, 3.63) is 64.2 Å². The minimum Gasteiger partial charge on any atom is -0.494 e. The number of aliphatic hydroxyl groups excluding tert-OH is 3. The van der Waals surface area contributed by atoms with Crippen molar-refractivity contribution in [3.8, 4) is 5.75 Å². The molecule has 10 heteroatoms. The molecule has 9 nitrogen and oxygen atoms in total. The van der Waals surface area contributed by atoms with Gasteiger partial charge in [-0.3, -0.25) is 9.69 Å². The summed E-state index contributed by atoms with van der Waals surface area (Å²) >= 11 is 6.46. The number of carbonyl (C=O) groups is 1. The molecular weight excluding hydrogens is 502 g/mol. The van der Waals surface area contributed by atoms with Crippen molar-refractivity contribution in [1.82, 2.24) is 4.90 Å². The molecule has 5 atom stereocenters. The summed E-state index contributed by atoms with van der Waals surface area (Å²) in [5.41, 5.74) is 2.43. The van der Waals surface area contributed by atoms with E-state index in [1.165, 1.54) is 0 Å². The maximum absolute atomic E-state index is 12.3. The van der Waals surface area contributed by atoms with E-state index < -0.39 is 36.5 Å². The lowest BCUT2D eigenvalue weighted by Crippen LogP contribution is -2.55. The van der Waals surface area contributed by atoms with E-state index in [9.17, 15) is 20.1 Å². The molecule has 2 saturated heterocycles. The Morgan fingerprint density at radius 3 is 2.49 bits per heavy atom. The lowest BCUT2D eigenvalue weighted by molar-refractivity contribution is -0.234. The highest BCUT2D eigenvalue weighted by molar-refractivity contribution is 6.31. The van der Waals surface area contributed by atoms with Crippen LogP contribution in [0.3, 0.4) is 0 Å². The number of aliphatic hydroxyl groups is 3. The fourth-order valence-corrected chi connectivity index (χ4v) is 4.71. The van der Waals surface area contributed by atoms with E-state index in [1.54, 1.807) is 12.1 Å². The summed E-state index contributed by atoms with van der Waals surface area (Å²) in [7, 11) is 0. The largest absolute Gasteiger partial charge is 0.494 e. The van der Waals surface area contributed by atoms with Crippen molar-refractivity contribution in [2.45, 2.75) is 43.9 Å². The predicted octanol–water partition coefficient (Wildman–Crippen LogP) is 1.73. The third kappa shape index (κ3) is 7.20. The number of morpholine rings is 1. The van der Waals surface area contributed by atoms with Crippen LogP contribution in [0.1, 0.15) is 29.7 Å². The number of carbonyl (C=O) groups excluding carboxylic acids is 1. The van der Waals surface area contributed by atoms with Gasteiger partial charge in [0, 0.05) is 18.1 Å². The summed E-state index contributed by atoms with van der Waals surface area (Å²) in [6.07, 6.45) is -5.70. The summed E-state index contributed by atoms with van der Waals surface area (Å²) in [5.74, 6) is 0.327. The van der Waals surface area contributed by atoms with Crippen LogP contribution in [0.5, 0.6) is 5.75 Å². The number of benzene rings is 2. The molecule has 0 amide bonds. The molecule has 2 aromatic carbocycles. The number of halogens is 1. The molecule has 0 bridgehead atoms. The fraction of sp³-hybridized carbons (Fsp3) is 0.519. The average molecular weight is 536 g/mol. The topological polar surface area (TPSA) is 118 Å². The normalized spacial score (nSPS) is 26.6. The van der Waals surface area contributed by atoms with Crippen molar-refractivity contribution < 1.29 is 39.1 Å². The molecule has 0 unspecified atom stereocenters. The monoisotopic (exact) mass is 535 g/mol. The fourth-order valence-electron chi connectivity index (χ4n) is 4.52. The minimum atomic E-state index is -1.48. The average Bonchev–Trinajstić information content (AvgIpc) is 2.90. The van der Waals surface area contributed by atoms with Crippen molar-refractivity contribution in [2.75, 3.05) is 46.1 Å². The van der Waals surface area contributed by atoms with Crippen molar-refractivity contribution in [3.63, 3.8) is 0 Å². The number of nitrogens with zero attached hydrogens (tertiary/aromatic N) is 1. The zero-order valence-electron chi connectivity index (χ0n) is 20.8. The van der Waals surface area contributed by atoms with E-state index in [0.29, 0.717) is 49.9 Å². The minimum absolute atomic E-state index is 0.104. The van der Waals surface area contributed by atoms with Crippen molar-refractivity contribution >= 4 is 17.6 Å². The standard InChI is InChI=1S/C27H34ClNO8/c1-2-35-20-6-3-17(4-7-20)13-19-14-18(5-8-21(19)28)27-26(33)25(32)24(31)22(37-27)16-36-23(30)15-29-9-11-34-12-10-29/h3-8,14,22,24-27,31-33H,2,9-13,15-16H2,1H3/t22-,24-,25+,26-,27+/m1/s1. The molecule has 202 valence electrons. The molecule has 2 aliphatic rings.